The maximum Gasteiger partial charge on any atom is 0.236 e. The number of benzene rings is 1. The summed E-state index contributed by atoms with van der Waals surface area (Å²) in [4.78, 5) is 19.1. The first-order valence-electron chi connectivity index (χ1n) is 9.45. The Labute approximate surface area is 149 Å². The zero-order chi connectivity index (χ0) is 17.2. The number of aromatic nitrogens is 1. The molecule has 0 N–H and O–H groups in total. The molecule has 134 valence electrons. The third-order valence-corrected chi connectivity index (χ3v) is 5.64. The molecule has 1 amide bonds. The minimum Gasteiger partial charge on any atom is -0.351 e. The zero-order valence-corrected chi connectivity index (χ0v) is 15.2. The highest BCUT2D eigenvalue weighted by Crippen LogP contribution is 2.18. The number of carbonyl (C=O) groups is 1. The van der Waals surface area contributed by atoms with E-state index in [9.17, 15) is 4.79 Å². The Hall–Kier alpha value is -1.85. The van der Waals surface area contributed by atoms with Gasteiger partial charge in [-0.25, -0.2) is 0 Å². The quantitative estimate of drug-likeness (QED) is 0.852. The second-order valence-corrected chi connectivity index (χ2v) is 7.46. The average molecular weight is 340 g/mol. The highest BCUT2D eigenvalue weighted by Gasteiger charge is 2.23. The number of likely N-dealkylation sites (tertiary alicyclic amines) is 1. The Bertz CT molecular complexity index is 739. The van der Waals surface area contributed by atoms with E-state index < -0.39 is 0 Å². The summed E-state index contributed by atoms with van der Waals surface area (Å²) < 4.78 is 2.16. The van der Waals surface area contributed by atoms with E-state index in [1.165, 1.54) is 29.3 Å². The Morgan fingerprint density at radius 3 is 2.44 bits per heavy atom. The van der Waals surface area contributed by atoms with Crippen molar-refractivity contribution in [3.05, 3.63) is 36.0 Å². The van der Waals surface area contributed by atoms with Gasteiger partial charge in [-0.2, -0.15) is 0 Å². The van der Waals surface area contributed by atoms with Gasteiger partial charge in [0.1, 0.15) is 0 Å². The highest BCUT2D eigenvalue weighted by atomic mass is 16.2. The second-order valence-electron chi connectivity index (χ2n) is 7.46. The fraction of sp³-hybridized carbons (Fsp3) is 0.550. The van der Waals surface area contributed by atoms with Gasteiger partial charge >= 0.3 is 0 Å². The van der Waals surface area contributed by atoms with Crippen LogP contribution in [0.1, 0.15) is 18.4 Å². The minimum absolute atomic E-state index is 0.320. The van der Waals surface area contributed by atoms with Crippen molar-refractivity contribution in [3.63, 3.8) is 0 Å². The SMILES string of the molecule is Cn1ccc2cc(CN3CCN(CC(=O)N4CCCC4)CC3)ccc21. The molecule has 2 aromatic rings. The van der Waals surface area contributed by atoms with Crippen molar-refractivity contribution in [2.45, 2.75) is 19.4 Å². The van der Waals surface area contributed by atoms with Gasteiger partial charge in [-0.3, -0.25) is 14.6 Å². The summed E-state index contributed by atoms with van der Waals surface area (Å²) in [7, 11) is 2.09. The van der Waals surface area contributed by atoms with Crippen LogP contribution in [0.25, 0.3) is 10.9 Å². The van der Waals surface area contributed by atoms with Crippen molar-refractivity contribution >= 4 is 16.8 Å². The summed E-state index contributed by atoms with van der Waals surface area (Å²) in [5, 5.41) is 1.31. The monoisotopic (exact) mass is 340 g/mol. The van der Waals surface area contributed by atoms with Gasteiger partial charge in [0.25, 0.3) is 0 Å². The molecule has 0 bridgehead atoms. The number of rotatable bonds is 4. The van der Waals surface area contributed by atoms with Crippen LogP contribution in [0.2, 0.25) is 0 Å². The van der Waals surface area contributed by atoms with Gasteiger partial charge in [-0.1, -0.05) is 6.07 Å². The first kappa shape index (κ1) is 16.6. The van der Waals surface area contributed by atoms with Gasteiger partial charge in [0, 0.05) is 64.6 Å². The summed E-state index contributed by atoms with van der Waals surface area (Å²) in [6.07, 6.45) is 4.46. The smallest absolute Gasteiger partial charge is 0.236 e. The normalized spacial score (nSPS) is 19.8. The van der Waals surface area contributed by atoms with Gasteiger partial charge in [0.15, 0.2) is 0 Å². The predicted molar refractivity (Wildman–Crippen MR) is 100 cm³/mol. The zero-order valence-electron chi connectivity index (χ0n) is 15.2. The van der Waals surface area contributed by atoms with Crippen molar-refractivity contribution in [2.24, 2.45) is 7.05 Å². The summed E-state index contributed by atoms with van der Waals surface area (Å²) in [5.74, 6) is 0.320. The first-order valence-corrected chi connectivity index (χ1v) is 9.45. The van der Waals surface area contributed by atoms with E-state index in [4.69, 9.17) is 0 Å². The lowest BCUT2D eigenvalue weighted by atomic mass is 10.1. The van der Waals surface area contributed by atoms with Crippen LogP contribution in [0.4, 0.5) is 0 Å². The number of piperazine rings is 1. The van der Waals surface area contributed by atoms with Crippen molar-refractivity contribution in [1.82, 2.24) is 19.3 Å². The Kier molecular flexibility index (Phi) is 4.77. The van der Waals surface area contributed by atoms with E-state index >= 15 is 0 Å². The van der Waals surface area contributed by atoms with Crippen molar-refractivity contribution in [1.29, 1.82) is 0 Å². The minimum atomic E-state index is 0.320. The standard InChI is InChI=1S/C20H28N4O/c1-21-9-6-18-14-17(4-5-19(18)21)15-22-10-12-23(13-11-22)16-20(25)24-7-2-3-8-24/h4-6,9,14H,2-3,7-8,10-13,15-16H2,1H3. The molecule has 5 heteroatoms. The summed E-state index contributed by atoms with van der Waals surface area (Å²) in [6, 6.07) is 8.95. The fourth-order valence-corrected chi connectivity index (χ4v) is 4.05. The lowest BCUT2D eigenvalue weighted by Gasteiger charge is -2.35. The van der Waals surface area contributed by atoms with E-state index in [1.54, 1.807) is 0 Å². The molecular weight excluding hydrogens is 312 g/mol. The van der Waals surface area contributed by atoms with E-state index in [-0.39, 0.29) is 0 Å². The number of nitrogens with zero attached hydrogens (tertiary/aromatic N) is 4. The number of fused-ring (bicyclic) bond motifs is 1. The van der Waals surface area contributed by atoms with Crippen molar-refractivity contribution in [3.8, 4) is 0 Å². The molecule has 2 aliphatic rings. The molecule has 1 aromatic carbocycles. The molecule has 1 aromatic heterocycles. The molecule has 0 radical (unpaired) electrons. The molecule has 0 unspecified atom stereocenters. The van der Waals surface area contributed by atoms with Crippen LogP contribution in [0.5, 0.6) is 0 Å². The highest BCUT2D eigenvalue weighted by molar-refractivity contribution is 5.80. The van der Waals surface area contributed by atoms with Crippen molar-refractivity contribution < 1.29 is 4.79 Å². The fourth-order valence-electron chi connectivity index (χ4n) is 4.05. The van der Waals surface area contributed by atoms with Crippen LogP contribution in [0.15, 0.2) is 30.5 Å². The third kappa shape index (κ3) is 3.72. The number of carbonyl (C=O) groups excluding carboxylic acids is 1. The van der Waals surface area contributed by atoms with Gasteiger partial charge in [-0.15, -0.1) is 0 Å². The van der Waals surface area contributed by atoms with Crippen LogP contribution >= 0.6 is 0 Å². The summed E-state index contributed by atoms with van der Waals surface area (Å²) in [5.41, 5.74) is 2.66. The molecule has 0 aliphatic carbocycles. The molecule has 2 aliphatic heterocycles. The van der Waals surface area contributed by atoms with Crippen LogP contribution in [0, 0.1) is 0 Å². The topological polar surface area (TPSA) is 31.7 Å². The molecule has 25 heavy (non-hydrogen) atoms. The lowest BCUT2D eigenvalue weighted by molar-refractivity contribution is -0.131. The molecule has 2 saturated heterocycles. The molecule has 0 saturated carbocycles. The molecule has 2 fully saturated rings. The predicted octanol–water partition coefficient (Wildman–Crippen LogP) is 1.92. The van der Waals surface area contributed by atoms with Gasteiger partial charge in [0.2, 0.25) is 5.91 Å². The van der Waals surface area contributed by atoms with Crippen LogP contribution < -0.4 is 0 Å². The molecule has 0 atom stereocenters. The van der Waals surface area contributed by atoms with Gasteiger partial charge < -0.3 is 9.47 Å². The van der Waals surface area contributed by atoms with Crippen LogP contribution in [0.3, 0.4) is 0 Å². The Morgan fingerprint density at radius 1 is 0.960 bits per heavy atom. The van der Waals surface area contributed by atoms with Gasteiger partial charge in [0.05, 0.1) is 6.54 Å². The van der Waals surface area contributed by atoms with Crippen LogP contribution in [-0.2, 0) is 18.4 Å². The molecule has 3 heterocycles. The maximum atomic E-state index is 12.3. The van der Waals surface area contributed by atoms with Crippen molar-refractivity contribution in [2.75, 3.05) is 45.8 Å². The number of aryl methyl sites for hydroxylation is 1. The van der Waals surface area contributed by atoms with Crippen LogP contribution in [-0.4, -0.2) is 71.0 Å². The van der Waals surface area contributed by atoms with E-state index in [0.717, 1.165) is 45.8 Å². The Balaban J connectivity index is 1.28. The van der Waals surface area contributed by atoms with E-state index in [0.29, 0.717) is 12.5 Å². The molecule has 0 spiro atoms. The number of hydrogen-bond donors (Lipinski definition) is 0. The lowest BCUT2D eigenvalue weighted by Crippen LogP contribution is -2.49. The number of hydrogen-bond acceptors (Lipinski definition) is 3. The summed E-state index contributed by atoms with van der Waals surface area (Å²) >= 11 is 0. The summed E-state index contributed by atoms with van der Waals surface area (Å²) in [6.45, 7) is 7.59. The third-order valence-electron chi connectivity index (χ3n) is 5.64. The van der Waals surface area contributed by atoms with E-state index in [2.05, 4.69) is 51.9 Å². The second kappa shape index (κ2) is 7.18. The molecule has 5 nitrogen and oxygen atoms in total. The first-order chi connectivity index (χ1) is 12.2. The Morgan fingerprint density at radius 2 is 1.68 bits per heavy atom. The number of amides is 1. The maximum absolute atomic E-state index is 12.3. The molecular formula is C20H28N4O. The average Bonchev–Trinajstić information content (AvgIpc) is 3.27. The van der Waals surface area contributed by atoms with Gasteiger partial charge in [-0.05, 0) is 42.0 Å². The van der Waals surface area contributed by atoms with E-state index in [1.807, 2.05) is 4.90 Å². The largest absolute Gasteiger partial charge is 0.351 e. The molecule has 4 rings (SSSR count).